The first-order chi connectivity index (χ1) is 11.6. The molecule has 0 spiro atoms. The molecule has 0 aromatic rings. The Balaban J connectivity index is 4.28. The van der Waals surface area contributed by atoms with Gasteiger partial charge in [-0.1, -0.05) is 51.8 Å². The van der Waals surface area contributed by atoms with E-state index in [-0.39, 0.29) is 24.4 Å². The lowest BCUT2D eigenvalue weighted by atomic mass is 10.1. The molecular weight excluding hydrogens is 324 g/mol. The molecule has 0 aromatic carbocycles. The van der Waals surface area contributed by atoms with E-state index in [2.05, 4.69) is 25.7 Å². The summed E-state index contributed by atoms with van der Waals surface area (Å²) >= 11 is 1.37. The summed E-state index contributed by atoms with van der Waals surface area (Å²) in [6.07, 6.45) is 5.47. The summed E-state index contributed by atoms with van der Waals surface area (Å²) in [5.41, 5.74) is 0. The van der Waals surface area contributed by atoms with Crippen LogP contribution in [0.5, 0.6) is 0 Å². The summed E-state index contributed by atoms with van der Waals surface area (Å²) in [4.78, 5) is 16.6. The fourth-order valence-electron chi connectivity index (χ4n) is 2.55. The van der Waals surface area contributed by atoms with Crippen molar-refractivity contribution in [1.29, 1.82) is 0 Å². The third-order valence-corrected chi connectivity index (χ3v) is 5.27. The maximum Gasteiger partial charge on any atom is 0.281 e. The average molecular weight is 363 g/mol. The van der Waals surface area contributed by atoms with Crippen LogP contribution in [0, 0.1) is 5.92 Å². The molecule has 6 heteroatoms. The molecule has 0 aromatic heterocycles. The fraction of sp³-hybridized carbons (Fsp3) is 0.944. The van der Waals surface area contributed by atoms with Gasteiger partial charge in [0.2, 0.25) is 0 Å². The summed E-state index contributed by atoms with van der Waals surface area (Å²) in [5.74, 6) is 0.584. The van der Waals surface area contributed by atoms with Crippen LogP contribution in [0.25, 0.3) is 0 Å². The Morgan fingerprint density at radius 3 is 2.17 bits per heavy atom. The maximum atomic E-state index is 12.5. The van der Waals surface area contributed by atoms with Crippen molar-refractivity contribution in [3.63, 3.8) is 0 Å². The van der Waals surface area contributed by atoms with Crippen LogP contribution in [0.1, 0.15) is 52.9 Å². The molecule has 0 fully saturated rings. The Bertz CT molecular complexity index is 298. The zero-order valence-corrected chi connectivity index (χ0v) is 16.7. The van der Waals surface area contributed by atoms with Gasteiger partial charge in [-0.2, -0.15) is 0 Å². The molecule has 1 amide bonds. The fourth-order valence-corrected chi connectivity index (χ4v) is 3.35. The summed E-state index contributed by atoms with van der Waals surface area (Å²) in [6.45, 7) is 10.6. The van der Waals surface area contributed by atoms with Crippen molar-refractivity contribution in [3.05, 3.63) is 0 Å². The Labute approximate surface area is 152 Å². The second kappa shape index (κ2) is 16.2. The maximum absolute atomic E-state index is 12.5. The van der Waals surface area contributed by atoms with E-state index in [0.29, 0.717) is 6.54 Å². The van der Waals surface area contributed by atoms with Crippen LogP contribution in [-0.2, 0) is 0 Å². The zero-order chi connectivity index (χ0) is 18.2. The molecule has 0 rings (SSSR count). The summed E-state index contributed by atoms with van der Waals surface area (Å²) < 4.78 is 0. The molecular formula is C18H38N2O3S. The van der Waals surface area contributed by atoms with Crippen molar-refractivity contribution in [2.45, 2.75) is 52.9 Å². The van der Waals surface area contributed by atoms with Crippen LogP contribution in [0.4, 0.5) is 4.79 Å². The number of nitrogens with zero attached hydrogens (tertiary/aromatic N) is 2. The molecule has 0 aliphatic heterocycles. The van der Waals surface area contributed by atoms with E-state index < -0.39 is 0 Å². The Kier molecular flexibility index (Phi) is 16.0. The minimum absolute atomic E-state index is 0.0814. The summed E-state index contributed by atoms with van der Waals surface area (Å²) in [6, 6.07) is 0. The number of rotatable bonds is 15. The lowest BCUT2D eigenvalue weighted by Gasteiger charge is -2.26. The Hall–Kier alpha value is -0.300. The zero-order valence-electron chi connectivity index (χ0n) is 15.9. The van der Waals surface area contributed by atoms with Crippen LogP contribution in [-0.4, -0.2) is 76.9 Å². The smallest absolute Gasteiger partial charge is 0.281 e. The number of thioether (sulfide) groups is 1. The second-order valence-corrected chi connectivity index (χ2v) is 7.28. The molecule has 5 nitrogen and oxygen atoms in total. The topological polar surface area (TPSA) is 64.0 Å². The van der Waals surface area contributed by atoms with Gasteiger partial charge in [0.25, 0.3) is 5.24 Å². The Morgan fingerprint density at radius 1 is 0.958 bits per heavy atom. The first-order valence-electron chi connectivity index (χ1n) is 9.48. The van der Waals surface area contributed by atoms with Crippen molar-refractivity contribution < 1.29 is 15.0 Å². The molecule has 0 saturated carbocycles. The molecule has 0 atom stereocenters. The third kappa shape index (κ3) is 11.3. The average Bonchev–Trinajstić information content (AvgIpc) is 2.61. The van der Waals surface area contributed by atoms with Crippen molar-refractivity contribution in [3.8, 4) is 0 Å². The second-order valence-electron chi connectivity index (χ2n) is 6.23. The number of hydrogen-bond acceptors (Lipinski definition) is 5. The summed E-state index contributed by atoms with van der Waals surface area (Å²) in [7, 11) is 0. The number of aliphatic hydroxyl groups is 2. The van der Waals surface area contributed by atoms with Gasteiger partial charge in [0.05, 0.1) is 0 Å². The number of carbonyl (C=O) groups excluding carboxylic acids is 1. The van der Waals surface area contributed by atoms with Gasteiger partial charge < -0.3 is 20.0 Å². The van der Waals surface area contributed by atoms with E-state index in [4.69, 9.17) is 0 Å². The SMILES string of the molecule is CCCCCCN(CC(CO)CO)C(=O)SCCCN(CC)CC. The van der Waals surface area contributed by atoms with Crippen LogP contribution in [0.15, 0.2) is 0 Å². The molecule has 2 N–H and O–H groups in total. The molecule has 0 heterocycles. The highest BCUT2D eigenvalue weighted by Crippen LogP contribution is 2.14. The highest BCUT2D eigenvalue weighted by atomic mass is 32.2. The number of unbranched alkanes of at least 4 members (excludes halogenated alkanes) is 3. The minimum Gasteiger partial charge on any atom is -0.396 e. The lowest BCUT2D eigenvalue weighted by molar-refractivity contribution is 0.122. The van der Waals surface area contributed by atoms with Crippen molar-refractivity contribution in [2.75, 3.05) is 51.7 Å². The number of amides is 1. The minimum atomic E-state index is -0.239. The van der Waals surface area contributed by atoms with Gasteiger partial charge in [-0.3, -0.25) is 4.79 Å². The van der Waals surface area contributed by atoms with Gasteiger partial charge in [-0.25, -0.2) is 0 Å². The van der Waals surface area contributed by atoms with Crippen LogP contribution < -0.4 is 0 Å². The van der Waals surface area contributed by atoms with E-state index >= 15 is 0 Å². The number of carbonyl (C=O) groups is 1. The molecule has 24 heavy (non-hydrogen) atoms. The van der Waals surface area contributed by atoms with Gasteiger partial charge in [0, 0.05) is 38.0 Å². The molecule has 0 aliphatic carbocycles. The number of aliphatic hydroxyl groups excluding tert-OH is 2. The Morgan fingerprint density at radius 2 is 1.62 bits per heavy atom. The van der Waals surface area contributed by atoms with E-state index in [9.17, 15) is 15.0 Å². The predicted octanol–water partition coefficient (Wildman–Crippen LogP) is 3.05. The third-order valence-electron chi connectivity index (χ3n) is 4.27. The molecule has 0 radical (unpaired) electrons. The van der Waals surface area contributed by atoms with E-state index in [0.717, 1.165) is 51.2 Å². The van der Waals surface area contributed by atoms with E-state index in [1.165, 1.54) is 24.6 Å². The number of hydrogen-bond donors (Lipinski definition) is 2. The van der Waals surface area contributed by atoms with Crippen molar-refractivity contribution in [1.82, 2.24) is 9.80 Å². The highest BCUT2D eigenvalue weighted by molar-refractivity contribution is 8.13. The van der Waals surface area contributed by atoms with Crippen molar-refractivity contribution in [2.24, 2.45) is 5.92 Å². The first kappa shape index (κ1) is 23.7. The van der Waals surface area contributed by atoms with Gasteiger partial charge >= 0.3 is 0 Å². The highest BCUT2D eigenvalue weighted by Gasteiger charge is 2.18. The first-order valence-corrected chi connectivity index (χ1v) is 10.5. The van der Waals surface area contributed by atoms with Crippen molar-refractivity contribution >= 4 is 17.0 Å². The van der Waals surface area contributed by atoms with E-state index in [1.807, 2.05) is 4.90 Å². The van der Waals surface area contributed by atoms with Gasteiger partial charge in [-0.15, -0.1) is 0 Å². The molecule has 144 valence electrons. The quantitative estimate of drug-likeness (QED) is 0.438. The standard InChI is InChI=1S/C18H38N2O3S/c1-4-7-8-9-12-20(14-17(15-21)16-22)18(23)24-13-10-11-19(5-2)6-3/h17,21-22H,4-16H2,1-3H3. The van der Waals surface area contributed by atoms with Gasteiger partial charge in [0.1, 0.15) is 0 Å². The summed E-state index contributed by atoms with van der Waals surface area (Å²) in [5, 5.41) is 18.7. The van der Waals surface area contributed by atoms with Crippen LogP contribution >= 0.6 is 11.8 Å². The molecule has 0 unspecified atom stereocenters. The monoisotopic (exact) mass is 362 g/mol. The lowest BCUT2D eigenvalue weighted by Crippen LogP contribution is -2.36. The molecule has 0 saturated heterocycles. The molecule has 0 bridgehead atoms. The van der Waals surface area contributed by atoms with Crippen LogP contribution in [0.2, 0.25) is 0 Å². The molecule has 0 aliphatic rings. The van der Waals surface area contributed by atoms with Gasteiger partial charge in [-0.05, 0) is 32.5 Å². The van der Waals surface area contributed by atoms with E-state index in [1.54, 1.807) is 0 Å². The largest absolute Gasteiger partial charge is 0.396 e. The van der Waals surface area contributed by atoms with Crippen LogP contribution in [0.3, 0.4) is 0 Å². The normalized spacial score (nSPS) is 11.5. The van der Waals surface area contributed by atoms with Gasteiger partial charge in [0.15, 0.2) is 0 Å². The predicted molar refractivity (Wildman–Crippen MR) is 104 cm³/mol.